The van der Waals surface area contributed by atoms with Crippen LogP contribution in [0.15, 0.2) is 216 Å². The van der Waals surface area contributed by atoms with Crippen molar-refractivity contribution in [2.45, 2.75) is 6.92 Å². The van der Waals surface area contributed by atoms with Crippen LogP contribution in [0.3, 0.4) is 0 Å². The van der Waals surface area contributed by atoms with E-state index in [-0.39, 0.29) is 0 Å². The number of allylic oxidation sites excluding steroid dienone is 1. The van der Waals surface area contributed by atoms with Gasteiger partial charge in [0.2, 0.25) is 0 Å². The van der Waals surface area contributed by atoms with E-state index in [1.165, 1.54) is 15.6 Å². The normalized spacial score (nSPS) is 12.0. The fourth-order valence-electron chi connectivity index (χ4n) is 10.6. The van der Waals surface area contributed by atoms with E-state index >= 15 is 0 Å². The number of rotatable bonds is 8. The highest BCUT2D eigenvalue weighted by molar-refractivity contribution is 7.20. The van der Waals surface area contributed by atoms with E-state index in [1.807, 2.05) is 60.7 Å². The van der Waals surface area contributed by atoms with Gasteiger partial charge in [0.15, 0.2) is 17.5 Å². The van der Waals surface area contributed by atoms with Crippen LogP contribution < -0.4 is 0 Å². The van der Waals surface area contributed by atoms with Crippen molar-refractivity contribution in [2.75, 3.05) is 0 Å². The Kier molecular flexibility index (Phi) is 9.34. The molecule has 0 aliphatic heterocycles. The minimum absolute atomic E-state index is 0.559. The number of hydrogen-bond acceptors (Lipinski definition) is 6. The molecule has 0 radical (unpaired) electrons. The Morgan fingerprint density at radius 2 is 1.11 bits per heavy atom. The highest BCUT2D eigenvalue weighted by atomic mass is 32.1. The maximum atomic E-state index is 6.71. The zero-order chi connectivity index (χ0) is 47.2. The minimum atomic E-state index is 0.559. The molecule has 0 fully saturated rings. The Hall–Kier alpha value is -9.17. The van der Waals surface area contributed by atoms with Crippen LogP contribution in [0.5, 0.6) is 0 Å². The first kappa shape index (κ1) is 40.9. The molecule has 5 heterocycles. The third-order valence-electron chi connectivity index (χ3n) is 13.8. The van der Waals surface area contributed by atoms with Gasteiger partial charge < -0.3 is 13.4 Å². The summed E-state index contributed by atoms with van der Waals surface area (Å²) in [6.45, 7) is 6.20. The molecule has 0 amide bonds. The molecule has 0 atom stereocenters. The van der Waals surface area contributed by atoms with Gasteiger partial charge in [-0.15, -0.1) is 11.3 Å². The van der Waals surface area contributed by atoms with Crippen LogP contribution in [0.1, 0.15) is 17.4 Å². The number of hydrogen-bond donors (Lipinski definition) is 0. The number of aromatic nitrogens is 4. The SMILES string of the molecule is C=Cc1sc2cc(-c3ccc4oc5ccccc5c4c3-c3ccc4oc5cccc(-c6nc(-c7ccccc7)nc(-c7ccc8c(c7)c7ccccc7n8-c7ccccc7)n6)c5c4c3)ccc2c1/C=C\C. The molecule has 5 aromatic heterocycles. The summed E-state index contributed by atoms with van der Waals surface area (Å²) in [5.41, 5.74) is 14.8. The van der Waals surface area contributed by atoms with Crippen molar-refractivity contribution < 1.29 is 8.83 Å². The Balaban J connectivity index is 0.982. The summed E-state index contributed by atoms with van der Waals surface area (Å²) in [5, 5.41) is 7.52. The maximum Gasteiger partial charge on any atom is 0.164 e. The Bertz CT molecular complexity index is 4500. The van der Waals surface area contributed by atoms with Crippen LogP contribution in [0.25, 0.3) is 150 Å². The highest BCUT2D eigenvalue weighted by Gasteiger charge is 2.23. The number of benzene rings is 9. The van der Waals surface area contributed by atoms with Crippen LogP contribution in [0.4, 0.5) is 0 Å². The van der Waals surface area contributed by atoms with Gasteiger partial charge in [-0.3, -0.25) is 0 Å². The molecule has 14 rings (SSSR count). The van der Waals surface area contributed by atoms with Crippen molar-refractivity contribution in [3.8, 4) is 62.1 Å². The van der Waals surface area contributed by atoms with Crippen LogP contribution in [0, 0.1) is 0 Å². The molecule has 0 N–H and O–H groups in total. The summed E-state index contributed by atoms with van der Waals surface area (Å²) in [6, 6.07) is 67.9. The van der Waals surface area contributed by atoms with Crippen LogP contribution in [-0.4, -0.2) is 19.5 Å². The van der Waals surface area contributed by atoms with Gasteiger partial charge in [0, 0.05) is 75.2 Å². The number of thiophene rings is 1. The molecule has 7 heteroatoms. The second-order valence-corrected chi connectivity index (χ2v) is 18.9. The average Bonchev–Trinajstić information content (AvgIpc) is 4.19. The summed E-state index contributed by atoms with van der Waals surface area (Å²) < 4.78 is 16.8. The lowest BCUT2D eigenvalue weighted by molar-refractivity contribution is 0.669. The molecule has 0 bridgehead atoms. The second-order valence-electron chi connectivity index (χ2n) is 17.8. The molecule has 0 aliphatic rings. The minimum Gasteiger partial charge on any atom is -0.456 e. The Labute approximate surface area is 411 Å². The van der Waals surface area contributed by atoms with Gasteiger partial charge in [0.05, 0.1) is 11.0 Å². The summed E-state index contributed by atoms with van der Waals surface area (Å²) >= 11 is 1.77. The summed E-state index contributed by atoms with van der Waals surface area (Å²) in [4.78, 5) is 17.0. The van der Waals surface area contributed by atoms with Gasteiger partial charge >= 0.3 is 0 Å². The van der Waals surface area contributed by atoms with Crippen molar-refractivity contribution in [3.05, 3.63) is 217 Å². The predicted octanol–water partition coefficient (Wildman–Crippen LogP) is 18.0. The van der Waals surface area contributed by atoms with E-state index in [0.29, 0.717) is 17.5 Å². The second kappa shape index (κ2) is 16.2. The molecule has 14 aromatic rings. The number of fused-ring (bicyclic) bond motifs is 10. The van der Waals surface area contributed by atoms with Crippen LogP contribution in [-0.2, 0) is 0 Å². The standard InChI is InChI=1S/C64H40N4O2S/c1-3-16-45-46-30-27-39(37-58(46)71-57(45)4-2)43-31-34-56-61(47-22-12-14-25-53(47)69-56)59(43)40-29-33-54-50(35-40)60-48(23-15-26-55(60)70-54)64-66-62(38-17-7-5-8-18-38)65-63(67-64)41-28-32-52-49(36-41)44-21-11-13-24-51(44)68(52)42-19-9-6-10-20-42/h3-37H,2H2,1H3/b16-3-. The van der Waals surface area contributed by atoms with Crippen LogP contribution >= 0.6 is 11.3 Å². The summed E-state index contributed by atoms with van der Waals surface area (Å²) in [5.74, 6) is 1.73. The van der Waals surface area contributed by atoms with Crippen LogP contribution in [0.2, 0.25) is 0 Å². The smallest absolute Gasteiger partial charge is 0.164 e. The summed E-state index contributed by atoms with van der Waals surface area (Å²) in [6.07, 6.45) is 6.23. The van der Waals surface area contributed by atoms with E-state index in [0.717, 1.165) is 115 Å². The monoisotopic (exact) mass is 928 g/mol. The fraction of sp³-hybridized carbons (Fsp3) is 0.0156. The molecule has 0 saturated carbocycles. The lowest BCUT2D eigenvalue weighted by Crippen LogP contribution is -2.00. The van der Waals surface area contributed by atoms with E-state index in [2.05, 4.69) is 170 Å². The molecule has 0 aliphatic carbocycles. The average molecular weight is 929 g/mol. The van der Waals surface area contributed by atoms with Crippen molar-refractivity contribution >= 4 is 99.3 Å². The number of nitrogens with zero attached hydrogens (tertiary/aromatic N) is 4. The number of para-hydroxylation sites is 3. The van der Waals surface area contributed by atoms with Gasteiger partial charge in [0.25, 0.3) is 0 Å². The molecule has 0 spiro atoms. The molecule has 334 valence electrons. The zero-order valence-electron chi connectivity index (χ0n) is 38.4. The molecular formula is C64H40N4O2S. The lowest BCUT2D eigenvalue weighted by Gasteiger charge is -2.13. The predicted molar refractivity (Wildman–Crippen MR) is 296 cm³/mol. The lowest BCUT2D eigenvalue weighted by atomic mass is 9.89. The molecule has 6 nitrogen and oxygen atoms in total. The quantitative estimate of drug-likeness (QED) is 0.152. The first-order valence-corrected chi connectivity index (χ1v) is 24.5. The summed E-state index contributed by atoms with van der Waals surface area (Å²) in [7, 11) is 0. The van der Waals surface area contributed by atoms with Crippen molar-refractivity contribution in [3.63, 3.8) is 0 Å². The first-order valence-electron chi connectivity index (χ1n) is 23.7. The van der Waals surface area contributed by atoms with Crippen molar-refractivity contribution in [2.24, 2.45) is 0 Å². The Morgan fingerprint density at radius 1 is 0.465 bits per heavy atom. The van der Waals surface area contributed by atoms with E-state index in [9.17, 15) is 0 Å². The van der Waals surface area contributed by atoms with E-state index in [1.54, 1.807) is 11.3 Å². The maximum absolute atomic E-state index is 6.71. The van der Waals surface area contributed by atoms with Gasteiger partial charge in [-0.2, -0.15) is 0 Å². The number of furan rings is 2. The highest BCUT2D eigenvalue weighted by Crippen LogP contribution is 2.47. The Morgan fingerprint density at radius 3 is 1.94 bits per heavy atom. The van der Waals surface area contributed by atoms with Crippen molar-refractivity contribution in [1.82, 2.24) is 19.5 Å². The molecule has 9 aromatic carbocycles. The largest absolute Gasteiger partial charge is 0.456 e. The molecule has 71 heavy (non-hydrogen) atoms. The van der Waals surface area contributed by atoms with E-state index in [4.69, 9.17) is 23.8 Å². The topological polar surface area (TPSA) is 69.9 Å². The molecule has 0 unspecified atom stereocenters. The molecular weight excluding hydrogens is 889 g/mol. The van der Waals surface area contributed by atoms with E-state index < -0.39 is 0 Å². The third-order valence-corrected chi connectivity index (χ3v) is 14.9. The van der Waals surface area contributed by atoms with Gasteiger partial charge in [0.1, 0.15) is 22.3 Å². The third kappa shape index (κ3) is 6.51. The molecule has 0 saturated heterocycles. The zero-order valence-corrected chi connectivity index (χ0v) is 39.2. The van der Waals surface area contributed by atoms with Gasteiger partial charge in [-0.05, 0) is 102 Å². The van der Waals surface area contributed by atoms with Crippen molar-refractivity contribution in [1.29, 1.82) is 0 Å². The van der Waals surface area contributed by atoms with Gasteiger partial charge in [-0.25, -0.2) is 15.0 Å². The van der Waals surface area contributed by atoms with Gasteiger partial charge in [-0.1, -0.05) is 146 Å². The fourth-order valence-corrected chi connectivity index (χ4v) is 11.7. The first-order chi connectivity index (χ1) is 35.1.